The van der Waals surface area contributed by atoms with Crippen molar-refractivity contribution in [1.82, 2.24) is 15.3 Å². The molecule has 1 aromatic carbocycles. The van der Waals surface area contributed by atoms with Crippen LogP contribution in [0.5, 0.6) is 0 Å². The molecule has 3 N–H and O–H groups in total. The van der Waals surface area contributed by atoms with Crippen molar-refractivity contribution in [3.05, 3.63) is 34.2 Å². The maximum Gasteiger partial charge on any atom is 0.407 e. The van der Waals surface area contributed by atoms with Gasteiger partial charge in [0, 0.05) is 0 Å². The summed E-state index contributed by atoms with van der Waals surface area (Å²) in [5, 5.41) is 2.38. The van der Waals surface area contributed by atoms with Crippen molar-refractivity contribution in [3.63, 3.8) is 0 Å². The van der Waals surface area contributed by atoms with Crippen molar-refractivity contribution in [2.45, 2.75) is 19.1 Å². The van der Waals surface area contributed by atoms with Crippen LogP contribution >= 0.6 is 0 Å². The fourth-order valence-corrected chi connectivity index (χ4v) is 1.86. The fourth-order valence-electron chi connectivity index (χ4n) is 1.86. The van der Waals surface area contributed by atoms with Crippen LogP contribution in [0.4, 0.5) is 13.2 Å². The lowest BCUT2D eigenvalue weighted by molar-refractivity contribution is -0.157. The molecular formula is C11H12F3N3O. The third-order valence-electron chi connectivity index (χ3n) is 2.61. The SMILES string of the molecule is CCNC(c1ccc2[nH]c(=O)[nH]c2c1)C(F)(F)F. The highest BCUT2D eigenvalue weighted by molar-refractivity contribution is 5.75. The Bertz CT molecular complexity index is 599. The van der Waals surface area contributed by atoms with Gasteiger partial charge in [0.05, 0.1) is 11.0 Å². The molecule has 0 fully saturated rings. The Kier molecular flexibility index (Phi) is 3.16. The van der Waals surface area contributed by atoms with Gasteiger partial charge in [-0.3, -0.25) is 0 Å². The molecule has 18 heavy (non-hydrogen) atoms. The Morgan fingerprint density at radius 2 is 1.94 bits per heavy atom. The highest BCUT2D eigenvalue weighted by Crippen LogP contribution is 2.33. The minimum atomic E-state index is -4.37. The fraction of sp³-hybridized carbons (Fsp3) is 0.364. The molecule has 1 heterocycles. The number of benzene rings is 1. The zero-order chi connectivity index (χ0) is 13.3. The Morgan fingerprint density at radius 1 is 1.28 bits per heavy atom. The first kappa shape index (κ1) is 12.7. The van der Waals surface area contributed by atoms with Crippen LogP contribution < -0.4 is 11.0 Å². The average molecular weight is 259 g/mol. The van der Waals surface area contributed by atoms with Gasteiger partial charge in [-0.1, -0.05) is 13.0 Å². The molecule has 0 amide bonds. The van der Waals surface area contributed by atoms with Gasteiger partial charge in [-0.2, -0.15) is 13.2 Å². The first-order chi connectivity index (χ1) is 8.41. The molecule has 7 heteroatoms. The molecule has 1 aromatic heterocycles. The molecule has 0 bridgehead atoms. The minimum Gasteiger partial charge on any atom is -0.306 e. The van der Waals surface area contributed by atoms with Gasteiger partial charge in [-0.15, -0.1) is 0 Å². The van der Waals surface area contributed by atoms with Crippen LogP contribution in [0.15, 0.2) is 23.0 Å². The van der Waals surface area contributed by atoms with E-state index in [1.54, 1.807) is 6.92 Å². The highest BCUT2D eigenvalue weighted by atomic mass is 19.4. The Morgan fingerprint density at radius 3 is 2.56 bits per heavy atom. The summed E-state index contributed by atoms with van der Waals surface area (Å²) in [5.41, 5.74) is 0.493. The van der Waals surface area contributed by atoms with E-state index in [0.29, 0.717) is 11.0 Å². The number of fused-ring (bicyclic) bond motifs is 1. The van der Waals surface area contributed by atoms with Crippen LogP contribution in [0, 0.1) is 0 Å². The number of alkyl halides is 3. The van der Waals surface area contributed by atoms with E-state index in [1.165, 1.54) is 18.2 Å². The molecular weight excluding hydrogens is 247 g/mol. The summed E-state index contributed by atoms with van der Waals surface area (Å²) >= 11 is 0. The van der Waals surface area contributed by atoms with Crippen LogP contribution in [-0.2, 0) is 0 Å². The van der Waals surface area contributed by atoms with Gasteiger partial charge in [0.1, 0.15) is 6.04 Å². The number of H-pyrrole nitrogens is 2. The van der Waals surface area contributed by atoms with Crippen LogP contribution in [0.2, 0.25) is 0 Å². The Balaban J connectivity index is 2.47. The topological polar surface area (TPSA) is 60.7 Å². The second-order valence-corrected chi connectivity index (χ2v) is 3.92. The van der Waals surface area contributed by atoms with Crippen molar-refractivity contribution in [2.24, 2.45) is 0 Å². The lowest BCUT2D eigenvalue weighted by Gasteiger charge is -2.21. The first-order valence-corrected chi connectivity index (χ1v) is 5.44. The molecule has 2 rings (SSSR count). The standard InChI is InChI=1S/C11H12F3N3O/c1-2-15-9(11(12,13)14)6-3-4-7-8(5-6)17-10(18)16-7/h3-5,9,15H,2H2,1H3,(H2,16,17,18). The molecule has 0 aliphatic heterocycles. The maximum absolute atomic E-state index is 12.9. The Labute approximate surface area is 100 Å². The predicted molar refractivity (Wildman–Crippen MR) is 61.4 cm³/mol. The lowest BCUT2D eigenvalue weighted by atomic mass is 10.1. The molecule has 1 unspecified atom stereocenters. The number of aromatic nitrogens is 2. The van der Waals surface area contributed by atoms with Crippen molar-refractivity contribution >= 4 is 11.0 Å². The van der Waals surface area contributed by atoms with E-state index < -0.39 is 17.9 Å². The number of nitrogens with one attached hydrogen (secondary N) is 3. The zero-order valence-corrected chi connectivity index (χ0v) is 9.56. The number of hydrogen-bond acceptors (Lipinski definition) is 2. The van der Waals surface area contributed by atoms with Crippen LogP contribution in [0.3, 0.4) is 0 Å². The minimum absolute atomic E-state index is 0.0760. The summed E-state index contributed by atoms with van der Waals surface area (Å²) < 4.78 is 38.6. The highest BCUT2D eigenvalue weighted by Gasteiger charge is 2.40. The number of imidazole rings is 1. The third-order valence-corrected chi connectivity index (χ3v) is 2.61. The quantitative estimate of drug-likeness (QED) is 0.790. The molecule has 1 atom stereocenters. The number of rotatable bonds is 3. The monoisotopic (exact) mass is 259 g/mol. The van der Waals surface area contributed by atoms with Gasteiger partial charge in [-0.25, -0.2) is 4.79 Å². The second kappa shape index (κ2) is 4.49. The second-order valence-electron chi connectivity index (χ2n) is 3.92. The molecule has 0 aliphatic rings. The Hall–Kier alpha value is -1.76. The van der Waals surface area contributed by atoms with E-state index in [-0.39, 0.29) is 12.1 Å². The van der Waals surface area contributed by atoms with Crippen LogP contribution in [-0.4, -0.2) is 22.7 Å². The largest absolute Gasteiger partial charge is 0.407 e. The van der Waals surface area contributed by atoms with E-state index in [4.69, 9.17) is 0 Å². The van der Waals surface area contributed by atoms with Gasteiger partial charge >= 0.3 is 11.9 Å². The summed E-state index contributed by atoms with van der Waals surface area (Å²) in [7, 11) is 0. The van der Waals surface area contributed by atoms with Crippen molar-refractivity contribution < 1.29 is 13.2 Å². The number of aromatic amines is 2. The van der Waals surface area contributed by atoms with Crippen LogP contribution in [0.1, 0.15) is 18.5 Å². The average Bonchev–Trinajstić information content (AvgIpc) is 2.63. The van der Waals surface area contributed by atoms with Crippen molar-refractivity contribution in [2.75, 3.05) is 6.54 Å². The van der Waals surface area contributed by atoms with Gasteiger partial charge in [0.25, 0.3) is 0 Å². The molecule has 4 nitrogen and oxygen atoms in total. The van der Waals surface area contributed by atoms with Crippen molar-refractivity contribution in [3.8, 4) is 0 Å². The molecule has 2 aromatic rings. The van der Waals surface area contributed by atoms with E-state index >= 15 is 0 Å². The maximum atomic E-state index is 12.9. The third kappa shape index (κ3) is 2.40. The zero-order valence-electron chi connectivity index (χ0n) is 9.56. The lowest BCUT2D eigenvalue weighted by Crippen LogP contribution is -2.33. The summed E-state index contributed by atoms with van der Waals surface area (Å²) in [4.78, 5) is 16.0. The first-order valence-electron chi connectivity index (χ1n) is 5.44. The smallest absolute Gasteiger partial charge is 0.306 e. The molecule has 98 valence electrons. The number of hydrogen-bond donors (Lipinski definition) is 3. The van der Waals surface area contributed by atoms with Gasteiger partial charge in [0.15, 0.2) is 0 Å². The summed E-state index contributed by atoms with van der Waals surface area (Å²) in [5.74, 6) is 0. The number of halogens is 3. The van der Waals surface area contributed by atoms with E-state index in [2.05, 4.69) is 15.3 Å². The van der Waals surface area contributed by atoms with Gasteiger partial charge < -0.3 is 15.3 Å². The summed E-state index contributed by atoms with van der Waals surface area (Å²) in [6.45, 7) is 1.81. The molecule has 0 spiro atoms. The normalized spacial score (nSPS) is 14.0. The molecule has 0 aliphatic carbocycles. The summed E-state index contributed by atoms with van der Waals surface area (Å²) in [6.07, 6.45) is -4.37. The van der Waals surface area contributed by atoms with Crippen molar-refractivity contribution in [1.29, 1.82) is 0 Å². The van der Waals surface area contributed by atoms with Gasteiger partial charge in [0.2, 0.25) is 0 Å². The van der Waals surface area contributed by atoms with E-state index in [9.17, 15) is 18.0 Å². The molecule has 0 radical (unpaired) electrons. The van der Waals surface area contributed by atoms with E-state index in [1.807, 2.05) is 0 Å². The van der Waals surface area contributed by atoms with Crippen LogP contribution in [0.25, 0.3) is 11.0 Å². The molecule has 0 saturated carbocycles. The van der Waals surface area contributed by atoms with Gasteiger partial charge in [-0.05, 0) is 24.2 Å². The predicted octanol–water partition coefficient (Wildman–Crippen LogP) is 2.07. The van der Waals surface area contributed by atoms with E-state index in [0.717, 1.165) is 0 Å². The molecule has 0 saturated heterocycles. The summed E-state index contributed by atoms with van der Waals surface area (Å²) in [6, 6.07) is 2.41.